The summed E-state index contributed by atoms with van der Waals surface area (Å²) in [6.45, 7) is 5.56. The summed E-state index contributed by atoms with van der Waals surface area (Å²) in [6, 6.07) is 6.87. The predicted octanol–water partition coefficient (Wildman–Crippen LogP) is 1.80. The van der Waals surface area contributed by atoms with Gasteiger partial charge in [-0.05, 0) is 45.0 Å². The number of ether oxygens (including phenoxy) is 1. The molecule has 19 heavy (non-hydrogen) atoms. The summed E-state index contributed by atoms with van der Waals surface area (Å²) in [6.07, 6.45) is 0. The highest BCUT2D eigenvalue weighted by atomic mass is 16.6. The van der Waals surface area contributed by atoms with Crippen LogP contribution in [0.3, 0.4) is 0 Å². The van der Waals surface area contributed by atoms with E-state index < -0.39 is 5.60 Å². The quantitative estimate of drug-likeness (QED) is 0.814. The van der Waals surface area contributed by atoms with Gasteiger partial charge in [-0.25, -0.2) is 0 Å². The summed E-state index contributed by atoms with van der Waals surface area (Å²) in [4.78, 5) is 22.8. The van der Waals surface area contributed by atoms with Crippen LogP contribution in [0.5, 0.6) is 0 Å². The topological polar surface area (TPSA) is 67.4 Å². The molecule has 0 fully saturated rings. The van der Waals surface area contributed by atoms with E-state index in [1.54, 1.807) is 31.3 Å². The van der Waals surface area contributed by atoms with E-state index >= 15 is 0 Å². The van der Waals surface area contributed by atoms with Crippen molar-refractivity contribution in [3.05, 3.63) is 29.8 Å². The summed E-state index contributed by atoms with van der Waals surface area (Å²) < 4.78 is 5.17. The van der Waals surface area contributed by atoms with E-state index in [9.17, 15) is 9.59 Å². The summed E-state index contributed by atoms with van der Waals surface area (Å²) in [5.41, 5.74) is 0.853. The molecular formula is C14H20N2O3. The van der Waals surface area contributed by atoms with Crippen molar-refractivity contribution in [1.29, 1.82) is 0 Å². The lowest BCUT2D eigenvalue weighted by Gasteiger charge is -2.19. The molecule has 0 bridgehead atoms. The smallest absolute Gasteiger partial charge is 0.325 e. The van der Waals surface area contributed by atoms with Crippen LogP contribution in [0, 0.1) is 0 Å². The molecule has 0 aliphatic heterocycles. The fourth-order valence-corrected chi connectivity index (χ4v) is 1.44. The Bertz CT molecular complexity index is 447. The van der Waals surface area contributed by atoms with Gasteiger partial charge in [0.05, 0.1) is 0 Å². The lowest BCUT2D eigenvalue weighted by atomic mass is 10.2. The van der Waals surface area contributed by atoms with Gasteiger partial charge in [0, 0.05) is 18.3 Å². The number of nitrogens with one attached hydrogen (secondary N) is 2. The van der Waals surface area contributed by atoms with E-state index in [0.29, 0.717) is 5.56 Å². The van der Waals surface area contributed by atoms with Crippen LogP contribution in [0.15, 0.2) is 24.3 Å². The number of amides is 1. The summed E-state index contributed by atoms with van der Waals surface area (Å²) >= 11 is 0. The Morgan fingerprint density at radius 1 is 1.16 bits per heavy atom. The van der Waals surface area contributed by atoms with Crippen molar-refractivity contribution in [2.24, 2.45) is 0 Å². The third kappa shape index (κ3) is 5.42. The van der Waals surface area contributed by atoms with Crippen LogP contribution < -0.4 is 10.6 Å². The monoisotopic (exact) mass is 264 g/mol. The first kappa shape index (κ1) is 15.0. The van der Waals surface area contributed by atoms with Gasteiger partial charge in [0.2, 0.25) is 0 Å². The molecule has 0 saturated carbocycles. The van der Waals surface area contributed by atoms with Gasteiger partial charge in [-0.3, -0.25) is 9.59 Å². The second-order valence-electron chi connectivity index (χ2n) is 5.10. The zero-order chi connectivity index (χ0) is 14.5. The third-order valence-corrected chi connectivity index (χ3v) is 2.23. The minimum atomic E-state index is -0.484. The average Bonchev–Trinajstić information content (AvgIpc) is 2.34. The highest BCUT2D eigenvalue weighted by molar-refractivity contribution is 5.94. The first-order valence-corrected chi connectivity index (χ1v) is 6.09. The number of benzene rings is 1. The minimum absolute atomic E-state index is 0.0938. The minimum Gasteiger partial charge on any atom is -0.459 e. The van der Waals surface area contributed by atoms with Crippen LogP contribution in [-0.4, -0.2) is 31.1 Å². The molecule has 0 heterocycles. The molecule has 1 amide bonds. The molecule has 0 radical (unpaired) electrons. The molecule has 0 aromatic heterocycles. The van der Waals surface area contributed by atoms with E-state index in [-0.39, 0.29) is 18.4 Å². The number of esters is 1. The van der Waals surface area contributed by atoms with Gasteiger partial charge >= 0.3 is 5.97 Å². The zero-order valence-electron chi connectivity index (χ0n) is 11.7. The maximum atomic E-state index is 11.5. The predicted molar refractivity (Wildman–Crippen MR) is 74.2 cm³/mol. The van der Waals surface area contributed by atoms with E-state index in [0.717, 1.165) is 5.69 Å². The van der Waals surface area contributed by atoms with Crippen LogP contribution >= 0.6 is 0 Å². The standard InChI is InChI=1S/C14H20N2O3/c1-14(2,3)19-12(17)9-16-11-7-5-10(6-8-11)13(18)15-4/h5-8,16H,9H2,1-4H3,(H,15,18). The molecule has 5 nitrogen and oxygen atoms in total. The van der Waals surface area contributed by atoms with Gasteiger partial charge in [0.25, 0.3) is 5.91 Å². The molecule has 104 valence electrons. The Morgan fingerprint density at radius 3 is 2.21 bits per heavy atom. The van der Waals surface area contributed by atoms with Crippen LogP contribution in [0.25, 0.3) is 0 Å². The Kier molecular flexibility index (Phi) is 4.92. The fraction of sp³-hybridized carbons (Fsp3) is 0.429. The fourth-order valence-electron chi connectivity index (χ4n) is 1.44. The highest BCUT2D eigenvalue weighted by Crippen LogP contribution is 2.10. The second-order valence-corrected chi connectivity index (χ2v) is 5.10. The van der Waals surface area contributed by atoms with Gasteiger partial charge in [-0.15, -0.1) is 0 Å². The van der Waals surface area contributed by atoms with E-state index in [4.69, 9.17) is 4.74 Å². The lowest BCUT2D eigenvalue weighted by Crippen LogP contribution is -2.28. The Hall–Kier alpha value is -2.04. The highest BCUT2D eigenvalue weighted by Gasteiger charge is 2.15. The number of rotatable bonds is 4. The van der Waals surface area contributed by atoms with Gasteiger partial charge in [-0.2, -0.15) is 0 Å². The normalized spacial score (nSPS) is 10.7. The molecule has 0 aliphatic rings. The summed E-state index contributed by atoms with van der Waals surface area (Å²) in [5.74, 6) is -0.457. The van der Waals surface area contributed by atoms with E-state index in [2.05, 4.69) is 10.6 Å². The zero-order valence-corrected chi connectivity index (χ0v) is 11.7. The maximum absolute atomic E-state index is 11.5. The molecule has 1 aromatic carbocycles. The molecule has 0 unspecified atom stereocenters. The Morgan fingerprint density at radius 2 is 1.74 bits per heavy atom. The van der Waals surface area contributed by atoms with Crippen molar-refractivity contribution in [2.45, 2.75) is 26.4 Å². The van der Waals surface area contributed by atoms with Crippen molar-refractivity contribution in [1.82, 2.24) is 5.32 Å². The van der Waals surface area contributed by atoms with E-state index in [1.807, 2.05) is 20.8 Å². The molecule has 1 aromatic rings. The molecular weight excluding hydrogens is 244 g/mol. The molecule has 0 aliphatic carbocycles. The van der Waals surface area contributed by atoms with Crippen LogP contribution in [0.1, 0.15) is 31.1 Å². The molecule has 2 N–H and O–H groups in total. The summed E-state index contributed by atoms with van der Waals surface area (Å²) in [7, 11) is 1.58. The second kappa shape index (κ2) is 6.22. The van der Waals surface area contributed by atoms with Gasteiger partial charge in [-0.1, -0.05) is 0 Å². The largest absolute Gasteiger partial charge is 0.459 e. The number of carbonyl (C=O) groups excluding carboxylic acids is 2. The maximum Gasteiger partial charge on any atom is 0.325 e. The Balaban J connectivity index is 2.50. The Labute approximate surface area is 113 Å². The third-order valence-electron chi connectivity index (χ3n) is 2.23. The lowest BCUT2D eigenvalue weighted by molar-refractivity contribution is -0.152. The molecule has 0 spiro atoms. The van der Waals surface area contributed by atoms with Crippen LogP contribution in [-0.2, 0) is 9.53 Å². The number of hydrogen-bond donors (Lipinski definition) is 2. The first-order valence-electron chi connectivity index (χ1n) is 6.09. The van der Waals surface area contributed by atoms with Crippen molar-refractivity contribution >= 4 is 17.6 Å². The average molecular weight is 264 g/mol. The molecule has 5 heteroatoms. The summed E-state index contributed by atoms with van der Waals surface area (Å²) in [5, 5.41) is 5.49. The van der Waals surface area contributed by atoms with Gasteiger partial charge in [0.1, 0.15) is 12.1 Å². The SMILES string of the molecule is CNC(=O)c1ccc(NCC(=O)OC(C)(C)C)cc1. The van der Waals surface area contributed by atoms with Gasteiger partial charge in [0.15, 0.2) is 0 Å². The molecule has 1 rings (SSSR count). The number of anilines is 1. The molecule has 0 atom stereocenters. The van der Waals surface area contributed by atoms with Crippen molar-refractivity contribution in [2.75, 3.05) is 18.9 Å². The van der Waals surface area contributed by atoms with Crippen molar-refractivity contribution < 1.29 is 14.3 Å². The van der Waals surface area contributed by atoms with Crippen LogP contribution in [0.4, 0.5) is 5.69 Å². The molecule has 0 saturated heterocycles. The van der Waals surface area contributed by atoms with Crippen molar-refractivity contribution in [3.8, 4) is 0 Å². The van der Waals surface area contributed by atoms with Crippen LogP contribution in [0.2, 0.25) is 0 Å². The first-order chi connectivity index (χ1) is 8.81. The van der Waals surface area contributed by atoms with Crippen molar-refractivity contribution in [3.63, 3.8) is 0 Å². The van der Waals surface area contributed by atoms with Gasteiger partial charge < -0.3 is 15.4 Å². The number of hydrogen-bond acceptors (Lipinski definition) is 4. The number of carbonyl (C=O) groups is 2. The van der Waals surface area contributed by atoms with E-state index in [1.165, 1.54) is 0 Å².